The van der Waals surface area contributed by atoms with Crippen LogP contribution in [0.3, 0.4) is 0 Å². The molecular weight excluding hydrogens is 230 g/mol. The number of nitrogens with one attached hydrogen (secondary N) is 1. The van der Waals surface area contributed by atoms with E-state index in [0.29, 0.717) is 13.0 Å². The minimum Gasteiger partial charge on any atom is -0.480 e. The molecule has 1 atom stereocenters. The Morgan fingerprint density at radius 3 is 2.67 bits per heavy atom. The number of aliphatic carboxylic acids is 1. The molecule has 102 valence electrons. The maximum Gasteiger partial charge on any atom is 0.323 e. The van der Waals surface area contributed by atoms with Gasteiger partial charge in [0.25, 0.3) is 0 Å². The lowest BCUT2D eigenvalue weighted by Gasteiger charge is -2.25. The number of hydrogen-bond donors (Lipinski definition) is 2. The van der Waals surface area contributed by atoms with Crippen molar-refractivity contribution in [2.24, 2.45) is 7.05 Å². The van der Waals surface area contributed by atoms with Gasteiger partial charge in [0.1, 0.15) is 5.54 Å². The van der Waals surface area contributed by atoms with Crippen LogP contribution < -0.4 is 5.32 Å². The van der Waals surface area contributed by atoms with Gasteiger partial charge < -0.3 is 5.11 Å². The predicted molar refractivity (Wildman–Crippen MR) is 70.4 cm³/mol. The number of aryl methyl sites for hydroxylation is 2. The first kappa shape index (κ1) is 14.7. The highest BCUT2D eigenvalue weighted by Crippen LogP contribution is 2.14. The summed E-state index contributed by atoms with van der Waals surface area (Å²) >= 11 is 0. The maximum absolute atomic E-state index is 11.3. The average molecular weight is 253 g/mol. The number of carboxylic acids is 1. The third kappa shape index (κ3) is 3.32. The molecule has 0 fully saturated rings. The highest BCUT2D eigenvalue weighted by molar-refractivity contribution is 5.78. The van der Waals surface area contributed by atoms with E-state index in [1.54, 1.807) is 11.6 Å². The Morgan fingerprint density at radius 1 is 1.56 bits per heavy atom. The van der Waals surface area contributed by atoms with E-state index < -0.39 is 11.5 Å². The van der Waals surface area contributed by atoms with Gasteiger partial charge in [0.2, 0.25) is 0 Å². The lowest BCUT2D eigenvalue weighted by molar-refractivity contribution is -0.144. The van der Waals surface area contributed by atoms with Crippen LogP contribution in [0.4, 0.5) is 0 Å². The number of aromatic nitrogens is 2. The Bertz CT molecular complexity index is 414. The summed E-state index contributed by atoms with van der Waals surface area (Å²) < 4.78 is 1.81. The zero-order valence-corrected chi connectivity index (χ0v) is 11.7. The number of nitrogens with zero attached hydrogens (tertiary/aromatic N) is 2. The molecule has 5 nitrogen and oxygen atoms in total. The SMILES string of the molecule is CCCC(C)(NCc1cc(CC)nn1C)C(=O)O. The van der Waals surface area contributed by atoms with Crippen LogP contribution in [-0.2, 0) is 24.8 Å². The quantitative estimate of drug-likeness (QED) is 0.776. The summed E-state index contributed by atoms with van der Waals surface area (Å²) in [4.78, 5) is 11.3. The fourth-order valence-electron chi connectivity index (χ4n) is 1.97. The van der Waals surface area contributed by atoms with Gasteiger partial charge in [0, 0.05) is 13.6 Å². The van der Waals surface area contributed by atoms with Gasteiger partial charge in [-0.05, 0) is 25.8 Å². The normalized spacial score (nSPS) is 14.4. The maximum atomic E-state index is 11.3. The molecule has 0 saturated heterocycles. The predicted octanol–water partition coefficient (Wildman–Crippen LogP) is 1.72. The third-order valence-corrected chi connectivity index (χ3v) is 3.27. The van der Waals surface area contributed by atoms with Crippen molar-refractivity contribution in [1.29, 1.82) is 0 Å². The third-order valence-electron chi connectivity index (χ3n) is 3.27. The van der Waals surface area contributed by atoms with Gasteiger partial charge in [0.15, 0.2) is 0 Å². The fraction of sp³-hybridized carbons (Fsp3) is 0.692. The van der Waals surface area contributed by atoms with Crippen LogP contribution in [-0.4, -0.2) is 26.4 Å². The molecule has 0 aliphatic carbocycles. The van der Waals surface area contributed by atoms with Crippen LogP contribution in [0.1, 0.15) is 45.0 Å². The molecule has 0 bridgehead atoms. The zero-order valence-electron chi connectivity index (χ0n) is 11.7. The van der Waals surface area contributed by atoms with Crippen molar-refractivity contribution in [3.8, 4) is 0 Å². The molecule has 1 aromatic rings. The van der Waals surface area contributed by atoms with Crippen molar-refractivity contribution in [1.82, 2.24) is 15.1 Å². The smallest absolute Gasteiger partial charge is 0.323 e. The van der Waals surface area contributed by atoms with Crippen LogP contribution >= 0.6 is 0 Å². The summed E-state index contributed by atoms with van der Waals surface area (Å²) in [7, 11) is 1.88. The summed E-state index contributed by atoms with van der Waals surface area (Å²) in [6.07, 6.45) is 2.33. The molecule has 1 rings (SSSR count). The van der Waals surface area contributed by atoms with Gasteiger partial charge >= 0.3 is 5.97 Å². The monoisotopic (exact) mass is 253 g/mol. The molecule has 2 N–H and O–H groups in total. The zero-order chi connectivity index (χ0) is 13.8. The first-order chi connectivity index (χ1) is 8.42. The Morgan fingerprint density at radius 2 is 2.22 bits per heavy atom. The number of carboxylic acid groups (broad SMARTS) is 1. The molecule has 0 amide bonds. The first-order valence-corrected chi connectivity index (χ1v) is 6.43. The Kier molecular flexibility index (Phi) is 4.90. The Balaban J connectivity index is 2.72. The second kappa shape index (κ2) is 6.00. The van der Waals surface area contributed by atoms with Crippen LogP contribution in [0.2, 0.25) is 0 Å². The Hall–Kier alpha value is -1.36. The van der Waals surface area contributed by atoms with Gasteiger partial charge in [-0.25, -0.2) is 0 Å². The molecule has 0 spiro atoms. The summed E-state index contributed by atoms with van der Waals surface area (Å²) in [6.45, 7) is 6.29. The topological polar surface area (TPSA) is 67.2 Å². The van der Waals surface area contributed by atoms with Gasteiger partial charge in [-0.1, -0.05) is 20.3 Å². The summed E-state index contributed by atoms with van der Waals surface area (Å²) in [5.74, 6) is -0.803. The number of hydrogen-bond acceptors (Lipinski definition) is 3. The van der Waals surface area contributed by atoms with Crippen molar-refractivity contribution in [2.45, 2.75) is 52.1 Å². The van der Waals surface area contributed by atoms with E-state index in [-0.39, 0.29) is 0 Å². The molecule has 0 aliphatic heterocycles. The van der Waals surface area contributed by atoms with Crippen LogP contribution in [0.5, 0.6) is 0 Å². The average Bonchev–Trinajstić information content (AvgIpc) is 2.67. The molecule has 0 aromatic carbocycles. The van der Waals surface area contributed by atoms with Crippen LogP contribution in [0, 0.1) is 0 Å². The summed E-state index contributed by atoms with van der Waals surface area (Å²) in [6, 6.07) is 2.02. The molecule has 18 heavy (non-hydrogen) atoms. The van der Waals surface area contributed by atoms with Gasteiger partial charge in [-0.2, -0.15) is 5.10 Å². The van der Waals surface area contributed by atoms with E-state index in [9.17, 15) is 9.90 Å². The fourth-order valence-corrected chi connectivity index (χ4v) is 1.97. The van der Waals surface area contributed by atoms with Gasteiger partial charge in [0.05, 0.1) is 11.4 Å². The number of carbonyl (C=O) groups is 1. The molecule has 1 unspecified atom stereocenters. The van der Waals surface area contributed by atoms with E-state index in [2.05, 4.69) is 17.3 Å². The number of rotatable bonds is 7. The van der Waals surface area contributed by atoms with E-state index in [1.807, 2.05) is 20.0 Å². The molecule has 0 saturated carbocycles. The largest absolute Gasteiger partial charge is 0.480 e. The van der Waals surface area contributed by atoms with Gasteiger partial charge in [-0.3, -0.25) is 14.8 Å². The summed E-state index contributed by atoms with van der Waals surface area (Å²) in [5, 5.41) is 16.8. The van der Waals surface area contributed by atoms with Crippen molar-refractivity contribution < 1.29 is 9.90 Å². The highest BCUT2D eigenvalue weighted by atomic mass is 16.4. The van der Waals surface area contributed by atoms with Crippen molar-refractivity contribution >= 4 is 5.97 Å². The lowest BCUT2D eigenvalue weighted by atomic mass is 9.96. The minimum atomic E-state index is -0.870. The van der Waals surface area contributed by atoms with Crippen LogP contribution in [0.25, 0.3) is 0 Å². The molecule has 1 heterocycles. The molecule has 5 heteroatoms. The summed E-state index contributed by atoms with van der Waals surface area (Å²) in [5.41, 5.74) is 1.17. The molecule has 1 aromatic heterocycles. The van der Waals surface area contributed by atoms with E-state index in [0.717, 1.165) is 24.2 Å². The van der Waals surface area contributed by atoms with Gasteiger partial charge in [-0.15, -0.1) is 0 Å². The van der Waals surface area contributed by atoms with E-state index in [1.165, 1.54) is 0 Å². The molecular formula is C13H23N3O2. The standard InChI is InChI=1S/C13H23N3O2/c1-5-7-13(3,12(17)18)14-9-11-8-10(6-2)15-16(11)4/h8,14H,5-7,9H2,1-4H3,(H,17,18). The van der Waals surface area contributed by atoms with Crippen LogP contribution in [0.15, 0.2) is 6.07 Å². The van der Waals surface area contributed by atoms with Crippen molar-refractivity contribution in [2.75, 3.05) is 0 Å². The minimum absolute atomic E-state index is 0.520. The molecule has 0 aliphatic rings. The van der Waals surface area contributed by atoms with E-state index in [4.69, 9.17) is 0 Å². The van der Waals surface area contributed by atoms with Crippen molar-refractivity contribution in [3.63, 3.8) is 0 Å². The lowest BCUT2D eigenvalue weighted by Crippen LogP contribution is -2.49. The second-order valence-corrected chi connectivity index (χ2v) is 4.84. The Labute approximate surface area is 108 Å². The second-order valence-electron chi connectivity index (χ2n) is 4.84. The first-order valence-electron chi connectivity index (χ1n) is 6.43. The van der Waals surface area contributed by atoms with Crippen molar-refractivity contribution in [3.05, 3.63) is 17.5 Å². The molecule has 0 radical (unpaired) electrons. The van der Waals surface area contributed by atoms with E-state index >= 15 is 0 Å². The highest BCUT2D eigenvalue weighted by Gasteiger charge is 2.31.